The highest BCUT2D eigenvalue weighted by Crippen LogP contribution is 2.19. The summed E-state index contributed by atoms with van der Waals surface area (Å²) in [4.78, 5) is 11.6. The van der Waals surface area contributed by atoms with Crippen LogP contribution >= 0.6 is 0 Å². The minimum Gasteiger partial charge on any atom is -0.494 e. The van der Waals surface area contributed by atoms with Gasteiger partial charge in [0, 0.05) is 6.42 Å². The maximum atomic E-state index is 11.6. The van der Waals surface area contributed by atoms with E-state index in [0.29, 0.717) is 32.7 Å². The highest BCUT2D eigenvalue weighted by molar-refractivity contribution is 5.69. The minimum atomic E-state index is -0.205. The Bertz CT molecular complexity index is 401. The molecule has 0 aliphatic rings. The number of carbonyl (C=O) groups excluding carboxylic acids is 1. The van der Waals surface area contributed by atoms with Crippen LogP contribution in [0.15, 0.2) is 24.3 Å². The van der Waals surface area contributed by atoms with Crippen molar-refractivity contribution in [3.63, 3.8) is 0 Å². The third kappa shape index (κ3) is 6.57. The molecule has 0 heterocycles. The Morgan fingerprint density at radius 2 is 1.95 bits per heavy atom. The molecule has 0 N–H and O–H groups in total. The molecule has 4 nitrogen and oxygen atoms in total. The van der Waals surface area contributed by atoms with E-state index in [1.165, 1.54) is 0 Å². The molecule has 1 aromatic carbocycles. The average molecular weight is 280 g/mol. The van der Waals surface area contributed by atoms with Crippen molar-refractivity contribution in [1.29, 1.82) is 0 Å². The summed E-state index contributed by atoms with van der Waals surface area (Å²) in [6, 6.07) is 7.76. The second-order valence-corrected chi connectivity index (χ2v) is 4.68. The minimum absolute atomic E-state index is 0.159. The summed E-state index contributed by atoms with van der Waals surface area (Å²) in [5.41, 5.74) is 1.03. The molecule has 0 fully saturated rings. The topological polar surface area (TPSA) is 44.8 Å². The first kappa shape index (κ1) is 16.5. The van der Waals surface area contributed by atoms with E-state index in [1.807, 2.05) is 45.0 Å². The lowest BCUT2D eigenvalue weighted by atomic mass is 10.1. The normalized spacial score (nSPS) is 10.6. The van der Waals surface area contributed by atoms with E-state index < -0.39 is 0 Å². The number of aryl methyl sites for hydroxylation is 1. The van der Waals surface area contributed by atoms with Gasteiger partial charge in [-0.25, -0.2) is 0 Å². The molecule has 1 aromatic rings. The summed E-state index contributed by atoms with van der Waals surface area (Å²) in [6.45, 7) is 7.22. The average Bonchev–Trinajstić information content (AvgIpc) is 2.43. The van der Waals surface area contributed by atoms with Crippen molar-refractivity contribution in [3.8, 4) is 5.75 Å². The maximum Gasteiger partial charge on any atom is 0.306 e. The van der Waals surface area contributed by atoms with Gasteiger partial charge in [-0.1, -0.05) is 18.2 Å². The molecular formula is C16H24O4. The largest absolute Gasteiger partial charge is 0.494 e. The first-order chi connectivity index (χ1) is 9.63. The van der Waals surface area contributed by atoms with E-state index in [-0.39, 0.29) is 12.1 Å². The molecule has 0 saturated heterocycles. The molecule has 0 unspecified atom stereocenters. The van der Waals surface area contributed by atoms with E-state index in [1.54, 1.807) is 0 Å². The second-order valence-electron chi connectivity index (χ2n) is 4.68. The summed E-state index contributed by atoms with van der Waals surface area (Å²) < 4.78 is 15.9. The second kappa shape index (κ2) is 9.37. The predicted molar refractivity (Wildman–Crippen MR) is 78.0 cm³/mol. The smallest absolute Gasteiger partial charge is 0.306 e. The molecule has 0 spiro atoms. The lowest BCUT2D eigenvalue weighted by Crippen LogP contribution is -2.14. The monoisotopic (exact) mass is 280 g/mol. The Balaban J connectivity index is 2.30. The van der Waals surface area contributed by atoms with E-state index in [4.69, 9.17) is 14.2 Å². The van der Waals surface area contributed by atoms with E-state index >= 15 is 0 Å². The van der Waals surface area contributed by atoms with Crippen LogP contribution in [0.3, 0.4) is 0 Å². The molecule has 0 atom stereocenters. The summed E-state index contributed by atoms with van der Waals surface area (Å²) in [5, 5.41) is 0. The number of para-hydroxylation sites is 1. The van der Waals surface area contributed by atoms with E-state index in [2.05, 4.69) is 0 Å². The fourth-order valence-electron chi connectivity index (χ4n) is 1.75. The number of hydrogen-bond donors (Lipinski definition) is 0. The van der Waals surface area contributed by atoms with Crippen LogP contribution in [0, 0.1) is 0 Å². The van der Waals surface area contributed by atoms with Gasteiger partial charge < -0.3 is 14.2 Å². The third-order valence-corrected chi connectivity index (χ3v) is 2.67. The van der Waals surface area contributed by atoms with Gasteiger partial charge in [0.1, 0.15) is 12.4 Å². The molecule has 112 valence electrons. The fraction of sp³-hybridized carbons (Fsp3) is 0.562. The zero-order valence-electron chi connectivity index (χ0n) is 12.6. The standard InChI is InChI=1S/C16H24O4/c1-4-18-15-8-6-5-7-14(15)9-10-16(17)20-12-11-19-13(2)3/h5-8,13H,4,9-12H2,1-3H3. The lowest BCUT2D eigenvalue weighted by molar-refractivity contribution is -0.145. The van der Waals surface area contributed by atoms with Gasteiger partial charge in [-0.15, -0.1) is 0 Å². The molecule has 4 heteroatoms. The van der Waals surface area contributed by atoms with Crippen LogP contribution in [-0.4, -0.2) is 31.9 Å². The molecule has 0 aliphatic heterocycles. The van der Waals surface area contributed by atoms with Crippen molar-refractivity contribution in [2.45, 2.75) is 39.7 Å². The molecular weight excluding hydrogens is 256 g/mol. The van der Waals surface area contributed by atoms with Crippen molar-refractivity contribution in [2.75, 3.05) is 19.8 Å². The fourth-order valence-corrected chi connectivity index (χ4v) is 1.75. The predicted octanol–water partition coefficient (Wildman–Crippen LogP) is 2.99. The highest BCUT2D eigenvalue weighted by atomic mass is 16.6. The zero-order chi connectivity index (χ0) is 14.8. The van der Waals surface area contributed by atoms with Gasteiger partial charge in [0.25, 0.3) is 0 Å². The number of benzene rings is 1. The Kier molecular flexibility index (Phi) is 7.73. The first-order valence-corrected chi connectivity index (χ1v) is 7.11. The van der Waals surface area contributed by atoms with Gasteiger partial charge in [0.2, 0.25) is 0 Å². The van der Waals surface area contributed by atoms with Gasteiger partial charge in [-0.05, 0) is 38.8 Å². The first-order valence-electron chi connectivity index (χ1n) is 7.11. The number of rotatable bonds is 9. The van der Waals surface area contributed by atoms with Crippen LogP contribution in [0.25, 0.3) is 0 Å². The molecule has 0 radical (unpaired) electrons. The number of esters is 1. The highest BCUT2D eigenvalue weighted by Gasteiger charge is 2.07. The summed E-state index contributed by atoms with van der Waals surface area (Å²) in [7, 11) is 0. The Hall–Kier alpha value is -1.55. The van der Waals surface area contributed by atoms with E-state index in [0.717, 1.165) is 11.3 Å². The quantitative estimate of drug-likeness (QED) is 0.515. The molecule has 0 amide bonds. The van der Waals surface area contributed by atoms with Crippen LogP contribution in [0.2, 0.25) is 0 Å². The van der Waals surface area contributed by atoms with Crippen molar-refractivity contribution in [2.24, 2.45) is 0 Å². The molecule has 0 saturated carbocycles. The van der Waals surface area contributed by atoms with Gasteiger partial charge in [0.05, 0.1) is 19.3 Å². The lowest BCUT2D eigenvalue weighted by Gasteiger charge is -2.10. The SMILES string of the molecule is CCOc1ccccc1CCC(=O)OCCOC(C)C. The summed E-state index contributed by atoms with van der Waals surface area (Å²) in [5.74, 6) is 0.634. The number of carbonyl (C=O) groups is 1. The van der Waals surface area contributed by atoms with Crippen molar-refractivity contribution >= 4 is 5.97 Å². The van der Waals surface area contributed by atoms with Crippen molar-refractivity contribution in [3.05, 3.63) is 29.8 Å². The van der Waals surface area contributed by atoms with Gasteiger partial charge in [-0.2, -0.15) is 0 Å². The van der Waals surface area contributed by atoms with Gasteiger partial charge >= 0.3 is 5.97 Å². The van der Waals surface area contributed by atoms with Crippen LogP contribution in [0.1, 0.15) is 32.8 Å². The Morgan fingerprint density at radius 3 is 2.65 bits per heavy atom. The number of ether oxygens (including phenoxy) is 3. The van der Waals surface area contributed by atoms with Crippen LogP contribution in [-0.2, 0) is 20.7 Å². The summed E-state index contributed by atoms with van der Waals surface area (Å²) >= 11 is 0. The summed E-state index contributed by atoms with van der Waals surface area (Å²) in [6.07, 6.45) is 1.14. The third-order valence-electron chi connectivity index (χ3n) is 2.67. The molecule has 20 heavy (non-hydrogen) atoms. The molecule has 0 aromatic heterocycles. The molecule has 0 bridgehead atoms. The van der Waals surface area contributed by atoms with Crippen LogP contribution in [0.5, 0.6) is 5.75 Å². The van der Waals surface area contributed by atoms with Crippen LogP contribution in [0.4, 0.5) is 0 Å². The van der Waals surface area contributed by atoms with E-state index in [9.17, 15) is 4.79 Å². The zero-order valence-corrected chi connectivity index (χ0v) is 12.6. The van der Waals surface area contributed by atoms with Crippen molar-refractivity contribution in [1.82, 2.24) is 0 Å². The Labute approximate surface area is 121 Å². The number of hydrogen-bond acceptors (Lipinski definition) is 4. The molecule has 1 rings (SSSR count). The van der Waals surface area contributed by atoms with Crippen LogP contribution < -0.4 is 4.74 Å². The molecule has 0 aliphatic carbocycles. The van der Waals surface area contributed by atoms with Gasteiger partial charge in [-0.3, -0.25) is 4.79 Å². The maximum absolute atomic E-state index is 11.6. The van der Waals surface area contributed by atoms with Gasteiger partial charge in [0.15, 0.2) is 0 Å². The van der Waals surface area contributed by atoms with Crippen molar-refractivity contribution < 1.29 is 19.0 Å². The Morgan fingerprint density at radius 1 is 1.20 bits per heavy atom.